The maximum absolute atomic E-state index is 14.1. The lowest BCUT2D eigenvalue weighted by Crippen LogP contribution is -2.28. The Morgan fingerprint density at radius 3 is 2.76 bits per heavy atom. The first-order chi connectivity index (χ1) is 16.4. The molecule has 0 saturated carbocycles. The molecular formula is C25H23FN6O2. The molecule has 0 atom stereocenters. The second-order valence-electron chi connectivity index (χ2n) is 8.14. The van der Waals surface area contributed by atoms with Crippen LogP contribution in [0.1, 0.15) is 11.1 Å². The number of rotatable bonds is 6. The highest BCUT2D eigenvalue weighted by molar-refractivity contribution is 6.07. The molecule has 0 spiro atoms. The Hall–Kier alpha value is -4.40. The minimum Gasteiger partial charge on any atom is -0.465 e. The van der Waals surface area contributed by atoms with Crippen molar-refractivity contribution in [3.8, 4) is 11.3 Å². The highest BCUT2D eigenvalue weighted by Crippen LogP contribution is 2.32. The Balaban J connectivity index is 1.49. The number of halogens is 1. The van der Waals surface area contributed by atoms with Gasteiger partial charge < -0.3 is 20.0 Å². The second kappa shape index (κ2) is 8.51. The molecule has 5 aromatic rings. The van der Waals surface area contributed by atoms with E-state index in [1.165, 1.54) is 11.0 Å². The number of hydrogen-bond acceptors (Lipinski definition) is 4. The summed E-state index contributed by atoms with van der Waals surface area (Å²) in [5, 5.41) is 13.7. The molecule has 34 heavy (non-hydrogen) atoms. The van der Waals surface area contributed by atoms with Crippen molar-refractivity contribution in [1.29, 1.82) is 0 Å². The number of hydrogen-bond donors (Lipinski definition) is 3. The molecule has 3 heterocycles. The summed E-state index contributed by atoms with van der Waals surface area (Å²) in [5.74, 6) is 0.269. The van der Waals surface area contributed by atoms with Crippen LogP contribution < -0.4 is 5.32 Å². The van der Waals surface area contributed by atoms with Crippen molar-refractivity contribution in [2.45, 2.75) is 13.1 Å². The summed E-state index contributed by atoms with van der Waals surface area (Å²) in [4.78, 5) is 25.6. The zero-order valence-corrected chi connectivity index (χ0v) is 18.7. The number of pyridine rings is 1. The molecule has 0 bridgehead atoms. The van der Waals surface area contributed by atoms with Gasteiger partial charge in [-0.1, -0.05) is 36.4 Å². The highest BCUT2D eigenvalue weighted by atomic mass is 19.1. The first kappa shape index (κ1) is 21.4. The monoisotopic (exact) mass is 458 g/mol. The van der Waals surface area contributed by atoms with Gasteiger partial charge in [0.2, 0.25) is 0 Å². The molecule has 5 rings (SSSR count). The van der Waals surface area contributed by atoms with E-state index in [2.05, 4.69) is 20.3 Å². The third-order valence-electron chi connectivity index (χ3n) is 5.87. The number of fused-ring (bicyclic) bond motifs is 3. The zero-order chi connectivity index (χ0) is 23.8. The number of anilines is 1. The van der Waals surface area contributed by atoms with E-state index in [-0.39, 0.29) is 13.1 Å². The molecular weight excluding hydrogens is 435 g/mol. The number of nitrogens with zero attached hydrogens (tertiary/aromatic N) is 4. The van der Waals surface area contributed by atoms with Gasteiger partial charge in [0.1, 0.15) is 17.0 Å². The van der Waals surface area contributed by atoms with Crippen molar-refractivity contribution >= 4 is 34.0 Å². The van der Waals surface area contributed by atoms with E-state index in [9.17, 15) is 14.3 Å². The first-order valence-corrected chi connectivity index (χ1v) is 10.8. The molecule has 0 fully saturated rings. The van der Waals surface area contributed by atoms with E-state index in [4.69, 9.17) is 0 Å². The van der Waals surface area contributed by atoms with E-state index >= 15 is 0 Å². The number of H-pyrrole nitrogens is 1. The minimum absolute atomic E-state index is 0.0339. The fraction of sp³-hybridized carbons (Fsp3) is 0.160. The standard InChI is InChI=1S/C25H23FN6O2/c1-27-24-21-22(31(2)14-28-21)18-11-20(29-23(18)30-24)16-8-5-6-15(10-16)12-32(25(33)34)13-17-7-3-4-9-19(17)26/h3-11,14H,12-13H2,1-2H3,(H,33,34)(H2,27,29,30). The summed E-state index contributed by atoms with van der Waals surface area (Å²) in [5.41, 5.74) is 5.38. The minimum atomic E-state index is -1.11. The number of benzene rings is 2. The molecule has 172 valence electrons. The Morgan fingerprint density at radius 2 is 2.00 bits per heavy atom. The number of aryl methyl sites for hydroxylation is 1. The van der Waals surface area contributed by atoms with Crippen LogP contribution in [0.5, 0.6) is 0 Å². The van der Waals surface area contributed by atoms with Crippen molar-refractivity contribution < 1.29 is 14.3 Å². The van der Waals surface area contributed by atoms with Gasteiger partial charge in [-0.2, -0.15) is 0 Å². The number of amides is 1. The van der Waals surface area contributed by atoms with Gasteiger partial charge in [0.05, 0.1) is 18.4 Å². The van der Waals surface area contributed by atoms with Gasteiger partial charge in [-0.25, -0.2) is 19.2 Å². The van der Waals surface area contributed by atoms with Crippen molar-refractivity contribution in [2.24, 2.45) is 7.05 Å². The summed E-state index contributed by atoms with van der Waals surface area (Å²) in [6.07, 6.45) is 0.650. The van der Waals surface area contributed by atoms with E-state index in [1.807, 2.05) is 49.0 Å². The molecule has 0 unspecified atom stereocenters. The highest BCUT2D eigenvalue weighted by Gasteiger charge is 2.17. The normalized spacial score (nSPS) is 11.3. The summed E-state index contributed by atoms with van der Waals surface area (Å²) in [6.45, 7) is 0.0969. The predicted molar refractivity (Wildman–Crippen MR) is 129 cm³/mol. The van der Waals surface area contributed by atoms with Crippen LogP contribution in [0.25, 0.3) is 33.3 Å². The molecule has 0 aliphatic heterocycles. The fourth-order valence-electron chi connectivity index (χ4n) is 4.21. The van der Waals surface area contributed by atoms with Crippen LogP contribution in [0.3, 0.4) is 0 Å². The van der Waals surface area contributed by atoms with Gasteiger partial charge in [-0.3, -0.25) is 4.90 Å². The van der Waals surface area contributed by atoms with Gasteiger partial charge in [0, 0.05) is 37.3 Å². The molecule has 0 aliphatic carbocycles. The third kappa shape index (κ3) is 3.81. The average Bonchev–Trinajstić information content (AvgIpc) is 3.43. The Bertz CT molecular complexity index is 1520. The fourth-order valence-corrected chi connectivity index (χ4v) is 4.21. The predicted octanol–water partition coefficient (Wildman–Crippen LogP) is 4.98. The molecule has 3 aromatic heterocycles. The molecule has 8 nitrogen and oxygen atoms in total. The number of aromatic amines is 1. The maximum atomic E-state index is 14.1. The van der Waals surface area contributed by atoms with E-state index in [0.717, 1.165) is 38.9 Å². The van der Waals surface area contributed by atoms with Crippen LogP contribution >= 0.6 is 0 Å². The number of carboxylic acid groups (broad SMARTS) is 1. The largest absolute Gasteiger partial charge is 0.465 e. The van der Waals surface area contributed by atoms with Crippen LogP contribution in [-0.2, 0) is 20.1 Å². The van der Waals surface area contributed by atoms with E-state index < -0.39 is 11.9 Å². The van der Waals surface area contributed by atoms with Crippen LogP contribution in [0.15, 0.2) is 60.9 Å². The van der Waals surface area contributed by atoms with E-state index in [1.54, 1.807) is 24.5 Å². The maximum Gasteiger partial charge on any atom is 0.407 e. The van der Waals surface area contributed by atoms with Crippen molar-refractivity contribution in [2.75, 3.05) is 12.4 Å². The lowest BCUT2D eigenvalue weighted by Gasteiger charge is -2.20. The van der Waals surface area contributed by atoms with Crippen LogP contribution in [0, 0.1) is 5.82 Å². The topological polar surface area (TPSA) is 99.1 Å². The van der Waals surface area contributed by atoms with E-state index in [0.29, 0.717) is 11.4 Å². The zero-order valence-electron chi connectivity index (χ0n) is 18.7. The third-order valence-corrected chi connectivity index (χ3v) is 5.87. The molecule has 0 aliphatic rings. The number of carbonyl (C=O) groups is 1. The van der Waals surface area contributed by atoms with Gasteiger partial charge in [-0.05, 0) is 29.3 Å². The summed E-state index contributed by atoms with van der Waals surface area (Å²) in [7, 11) is 3.75. The summed E-state index contributed by atoms with van der Waals surface area (Å²) in [6, 6.07) is 15.9. The van der Waals surface area contributed by atoms with Gasteiger partial charge in [0.25, 0.3) is 0 Å². The first-order valence-electron chi connectivity index (χ1n) is 10.8. The van der Waals surface area contributed by atoms with Gasteiger partial charge in [0.15, 0.2) is 5.82 Å². The molecule has 9 heteroatoms. The number of imidazole rings is 1. The van der Waals surface area contributed by atoms with Gasteiger partial charge >= 0.3 is 6.09 Å². The molecule has 0 saturated heterocycles. The lowest BCUT2D eigenvalue weighted by molar-refractivity contribution is 0.138. The van der Waals surface area contributed by atoms with Crippen molar-refractivity contribution in [3.63, 3.8) is 0 Å². The van der Waals surface area contributed by atoms with Crippen LogP contribution in [0.2, 0.25) is 0 Å². The molecule has 2 aromatic carbocycles. The van der Waals surface area contributed by atoms with Crippen molar-refractivity contribution in [3.05, 3.63) is 77.9 Å². The molecule has 0 radical (unpaired) electrons. The quantitative estimate of drug-likeness (QED) is 0.333. The second-order valence-corrected chi connectivity index (χ2v) is 8.14. The van der Waals surface area contributed by atoms with Crippen LogP contribution in [0.4, 0.5) is 15.0 Å². The lowest BCUT2D eigenvalue weighted by atomic mass is 10.1. The number of aromatic nitrogens is 4. The average molecular weight is 458 g/mol. The Labute approximate surface area is 194 Å². The van der Waals surface area contributed by atoms with Crippen molar-refractivity contribution in [1.82, 2.24) is 24.4 Å². The molecule has 3 N–H and O–H groups in total. The Kier molecular flexibility index (Phi) is 5.37. The smallest absolute Gasteiger partial charge is 0.407 e. The van der Waals surface area contributed by atoms with Gasteiger partial charge in [-0.15, -0.1) is 0 Å². The number of nitrogens with one attached hydrogen (secondary N) is 2. The van der Waals surface area contributed by atoms with Crippen LogP contribution in [-0.4, -0.2) is 42.7 Å². The Morgan fingerprint density at radius 1 is 1.18 bits per heavy atom. The summed E-state index contributed by atoms with van der Waals surface area (Å²) < 4.78 is 16.0. The SMILES string of the molecule is CNc1nc2[nH]c(-c3cccc(CN(Cc4ccccc4F)C(=O)O)c3)cc2c2c1ncn2C. The summed E-state index contributed by atoms with van der Waals surface area (Å²) >= 11 is 0. The molecule has 1 amide bonds.